The third-order valence-corrected chi connectivity index (χ3v) is 3.58. The van der Waals surface area contributed by atoms with Crippen LogP contribution in [0.2, 0.25) is 0 Å². The summed E-state index contributed by atoms with van der Waals surface area (Å²) in [7, 11) is 0. The number of halogens is 1. The maximum atomic E-state index is 13.9. The number of fused-ring (bicyclic) bond motifs is 1. The van der Waals surface area contributed by atoms with Crippen LogP contribution in [-0.2, 0) is 6.42 Å². The summed E-state index contributed by atoms with van der Waals surface area (Å²) in [6.45, 7) is 1.89. The van der Waals surface area contributed by atoms with E-state index >= 15 is 0 Å². The summed E-state index contributed by atoms with van der Waals surface area (Å²) in [5, 5.41) is 9.41. The average molecular weight is 288 g/mol. The van der Waals surface area contributed by atoms with Crippen LogP contribution in [0.15, 0.2) is 42.5 Å². The smallest absolute Gasteiger partial charge is 0.165 e. The number of aliphatic hydroxyl groups is 1. The molecule has 1 heterocycles. The zero-order valence-corrected chi connectivity index (χ0v) is 11.8. The molecule has 2 aromatic carbocycles. The van der Waals surface area contributed by atoms with Gasteiger partial charge in [-0.05, 0) is 36.2 Å². The normalized spacial score (nSPS) is 18.0. The lowest BCUT2D eigenvalue weighted by Gasteiger charge is -2.14. The molecule has 110 valence electrons. The van der Waals surface area contributed by atoms with Crippen LogP contribution in [-0.4, -0.2) is 17.8 Å². The quantitative estimate of drug-likeness (QED) is 0.938. The van der Waals surface area contributed by atoms with Crippen LogP contribution in [0.4, 0.5) is 4.39 Å². The first-order chi connectivity index (χ1) is 10.1. The first-order valence-corrected chi connectivity index (χ1v) is 6.98. The first kappa shape index (κ1) is 13.9. The van der Waals surface area contributed by atoms with Gasteiger partial charge in [0.1, 0.15) is 18.5 Å². The lowest BCUT2D eigenvalue weighted by atomic mass is 10.1. The van der Waals surface area contributed by atoms with Crippen LogP contribution in [0, 0.1) is 5.82 Å². The number of hydrogen-bond donors (Lipinski definition) is 1. The molecule has 0 saturated carbocycles. The molecule has 3 rings (SSSR count). The van der Waals surface area contributed by atoms with Crippen LogP contribution in [0.25, 0.3) is 0 Å². The summed E-state index contributed by atoms with van der Waals surface area (Å²) in [5.74, 6) is 0.582. The van der Waals surface area contributed by atoms with Crippen molar-refractivity contribution in [2.75, 3.05) is 6.61 Å². The molecule has 0 aliphatic carbocycles. The number of hydrogen-bond acceptors (Lipinski definition) is 3. The lowest BCUT2D eigenvalue weighted by Crippen LogP contribution is -2.22. The van der Waals surface area contributed by atoms with Gasteiger partial charge in [-0.2, -0.15) is 0 Å². The molecule has 3 nitrogen and oxygen atoms in total. The van der Waals surface area contributed by atoms with Crippen molar-refractivity contribution in [1.29, 1.82) is 0 Å². The SMILES string of the molecule is C[C@@H](O)c1ccc(OCC2Cc3ccccc3O2)c(F)c1. The minimum atomic E-state index is -0.693. The highest BCUT2D eigenvalue weighted by atomic mass is 19.1. The second kappa shape index (κ2) is 5.74. The van der Waals surface area contributed by atoms with Gasteiger partial charge in [-0.15, -0.1) is 0 Å². The third kappa shape index (κ3) is 3.00. The van der Waals surface area contributed by atoms with Crippen LogP contribution in [0.1, 0.15) is 24.2 Å². The number of rotatable bonds is 4. The molecule has 0 radical (unpaired) electrons. The summed E-state index contributed by atoms with van der Waals surface area (Å²) in [6.07, 6.45) is -0.0248. The predicted octanol–water partition coefficient (Wildman–Crippen LogP) is 3.26. The van der Waals surface area contributed by atoms with E-state index in [0.29, 0.717) is 12.2 Å². The van der Waals surface area contributed by atoms with Crippen LogP contribution in [0.5, 0.6) is 11.5 Å². The van der Waals surface area contributed by atoms with Gasteiger partial charge in [0, 0.05) is 6.42 Å². The van der Waals surface area contributed by atoms with E-state index in [1.54, 1.807) is 19.1 Å². The fraction of sp³-hybridized carbons (Fsp3) is 0.294. The van der Waals surface area contributed by atoms with Crippen molar-refractivity contribution in [3.63, 3.8) is 0 Å². The van der Waals surface area contributed by atoms with E-state index in [2.05, 4.69) is 0 Å². The summed E-state index contributed by atoms with van der Waals surface area (Å²) in [6, 6.07) is 12.3. The van der Waals surface area contributed by atoms with Crippen molar-refractivity contribution in [3.8, 4) is 11.5 Å². The number of benzene rings is 2. The molecule has 1 unspecified atom stereocenters. The maximum Gasteiger partial charge on any atom is 0.165 e. The van der Waals surface area contributed by atoms with Crippen LogP contribution in [0.3, 0.4) is 0 Å². The van der Waals surface area contributed by atoms with Gasteiger partial charge in [-0.1, -0.05) is 24.3 Å². The van der Waals surface area contributed by atoms with Crippen molar-refractivity contribution < 1.29 is 19.0 Å². The van der Waals surface area contributed by atoms with Gasteiger partial charge >= 0.3 is 0 Å². The highest BCUT2D eigenvalue weighted by Gasteiger charge is 2.23. The summed E-state index contributed by atoms with van der Waals surface area (Å²) < 4.78 is 25.1. The van der Waals surface area contributed by atoms with E-state index in [-0.39, 0.29) is 11.9 Å². The van der Waals surface area contributed by atoms with E-state index in [0.717, 1.165) is 17.7 Å². The number of ether oxygens (including phenoxy) is 2. The monoisotopic (exact) mass is 288 g/mol. The van der Waals surface area contributed by atoms with Gasteiger partial charge in [-0.3, -0.25) is 0 Å². The summed E-state index contributed by atoms with van der Waals surface area (Å²) >= 11 is 0. The van der Waals surface area contributed by atoms with Crippen molar-refractivity contribution in [1.82, 2.24) is 0 Å². The predicted molar refractivity (Wildman–Crippen MR) is 77.1 cm³/mol. The molecule has 2 atom stereocenters. The Morgan fingerprint density at radius 2 is 2.14 bits per heavy atom. The molecule has 0 spiro atoms. The van der Waals surface area contributed by atoms with Crippen molar-refractivity contribution in [2.24, 2.45) is 0 Å². The molecule has 1 N–H and O–H groups in total. The fourth-order valence-corrected chi connectivity index (χ4v) is 2.42. The maximum absolute atomic E-state index is 13.9. The molecule has 1 aliphatic rings. The average Bonchev–Trinajstić information content (AvgIpc) is 2.88. The van der Waals surface area contributed by atoms with Gasteiger partial charge in [0.2, 0.25) is 0 Å². The zero-order chi connectivity index (χ0) is 14.8. The highest BCUT2D eigenvalue weighted by Crippen LogP contribution is 2.29. The lowest BCUT2D eigenvalue weighted by molar-refractivity contribution is 0.145. The van der Waals surface area contributed by atoms with Crippen molar-refractivity contribution in [3.05, 3.63) is 59.4 Å². The van der Waals surface area contributed by atoms with Gasteiger partial charge in [0.15, 0.2) is 11.6 Å². The Balaban J connectivity index is 1.62. The minimum absolute atomic E-state index is 0.0989. The van der Waals surface area contributed by atoms with E-state index < -0.39 is 11.9 Å². The molecule has 4 heteroatoms. The molecule has 0 aromatic heterocycles. The number of para-hydroxylation sites is 1. The van der Waals surface area contributed by atoms with Gasteiger partial charge < -0.3 is 14.6 Å². The second-order valence-electron chi connectivity index (χ2n) is 5.23. The molecule has 1 aliphatic heterocycles. The Morgan fingerprint density at radius 1 is 1.33 bits per heavy atom. The molecular formula is C17H17FO3. The molecule has 2 aromatic rings. The molecule has 0 amide bonds. The Kier molecular flexibility index (Phi) is 3.80. The highest BCUT2D eigenvalue weighted by molar-refractivity contribution is 5.37. The molecule has 0 saturated heterocycles. The van der Waals surface area contributed by atoms with E-state index in [1.165, 1.54) is 6.07 Å². The Hall–Kier alpha value is -2.07. The van der Waals surface area contributed by atoms with Crippen molar-refractivity contribution in [2.45, 2.75) is 25.6 Å². The topological polar surface area (TPSA) is 38.7 Å². The molecule has 0 bridgehead atoms. The van der Waals surface area contributed by atoms with E-state index in [4.69, 9.17) is 9.47 Å². The Bertz CT molecular complexity index is 615. The molecule has 21 heavy (non-hydrogen) atoms. The minimum Gasteiger partial charge on any atom is -0.487 e. The zero-order valence-electron chi connectivity index (χ0n) is 11.8. The van der Waals surface area contributed by atoms with Crippen LogP contribution >= 0.6 is 0 Å². The third-order valence-electron chi connectivity index (χ3n) is 3.58. The van der Waals surface area contributed by atoms with Gasteiger partial charge in [0.25, 0.3) is 0 Å². The first-order valence-electron chi connectivity index (χ1n) is 6.98. The van der Waals surface area contributed by atoms with Crippen LogP contribution < -0.4 is 9.47 Å². The van der Waals surface area contributed by atoms with E-state index in [9.17, 15) is 9.50 Å². The van der Waals surface area contributed by atoms with Gasteiger partial charge in [0.05, 0.1) is 6.10 Å². The summed E-state index contributed by atoms with van der Waals surface area (Å²) in [4.78, 5) is 0. The second-order valence-corrected chi connectivity index (χ2v) is 5.23. The van der Waals surface area contributed by atoms with Gasteiger partial charge in [-0.25, -0.2) is 4.39 Å². The van der Waals surface area contributed by atoms with Crippen molar-refractivity contribution >= 4 is 0 Å². The fourth-order valence-electron chi connectivity index (χ4n) is 2.42. The largest absolute Gasteiger partial charge is 0.487 e. The summed E-state index contributed by atoms with van der Waals surface area (Å²) in [5.41, 5.74) is 1.68. The molecule has 0 fully saturated rings. The molecular weight excluding hydrogens is 271 g/mol. The number of aliphatic hydroxyl groups excluding tert-OH is 1. The standard InChI is InChI=1S/C17H17FO3/c1-11(19)12-6-7-17(15(18)9-12)20-10-14-8-13-4-2-3-5-16(13)21-14/h2-7,9,11,14,19H,8,10H2,1H3/t11-,14?/m1/s1. The Labute approximate surface area is 122 Å². The Morgan fingerprint density at radius 3 is 2.86 bits per heavy atom. The van der Waals surface area contributed by atoms with E-state index in [1.807, 2.05) is 24.3 Å².